The maximum absolute atomic E-state index is 11.2. The zero-order valence-electron chi connectivity index (χ0n) is 8.49. The molecule has 0 aliphatic carbocycles. The van der Waals surface area contributed by atoms with E-state index in [-0.39, 0.29) is 23.9 Å². The topological polar surface area (TPSA) is 52.6 Å². The molecule has 0 aromatic carbocycles. The van der Waals surface area contributed by atoms with E-state index < -0.39 is 6.29 Å². The molecule has 0 N–H and O–H groups in total. The standard InChI is InChI=1S/C9H16O4/c1-6(2)7(10)5-8(11)9(12-3)13-4/h6,9H,5H2,1-4H3. The van der Waals surface area contributed by atoms with Gasteiger partial charge in [-0.05, 0) is 0 Å². The Morgan fingerprint density at radius 2 is 1.54 bits per heavy atom. The van der Waals surface area contributed by atoms with E-state index >= 15 is 0 Å². The highest BCUT2D eigenvalue weighted by Crippen LogP contribution is 2.03. The minimum Gasteiger partial charge on any atom is -0.349 e. The summed E-state index contributed by atoms with van der Waals surface area (Å²) in [5.74, 6) is -0.550. The molecular weight excluding hydrogens is 172 g/mol. The summed E-state index contributed by atoms with van der Waals surface area (Å²) >= 11 is 0. The second-order valence-electron chi connectivity index (χ2n) is 3.07. The fraction of sp³-hybridized carbons (Fsp3) is 0.778. The van der Waals surface area contributed by atoms with Crippen LogP contribution in [0.1, 0.15) is 20.3 Å². The van der Waals surface area contributed by atoms with Gasteiger partial charge in [-0.3, -0.25) is 9.59 Å². The van der Waals surface area contributed by atoms with Crippen molar-refractivity contribution in [2.45, 2.75) is 26.6 Å². The van der Waals surface area contributed by atoms with Crippen molar-refractivity contribution in [3.05, 3.63) is 0 Å². The van der Waals surface area contributed by atoms with Gasteiger partial charge in [0.1, 0.15) is 5.78 Å². The molecule has 0 aromatic rings. The van der Waals surface area contributed by atoms with Gasteiger partial charge in [-0.2, -0.15) is 0 Å². The van der Waals surface area contributed by atoms with Gasteiger partial charge in [0, 0.05) is 20.1 Å². The van der Waals surface area contributed by atoms with Gasteiger partial charge >= 0.3 is 0 Å². The normalized spacial score (nSPS) is 10.9. The van der Waals surface area contributed by atoms with E-state index in [1.54, 1.807) is 13.8 Å². The summed E-state index contributed by atoms with van der Waals surface area (Å²) in [6, 6.07) is 0. The highest BCUT2D eigenvalue weighted by Gasteiger charge is 2.21. The van der Waals surface area contributed by atoms with E-state index in [0.29, 0.717) is 0 Å². The van der Waals surface area contributed by atoms with Gasteiger partial charge in [-0.1, -0.05) is 13.8 Å². The van der Waals surface area contributed by atoms with E-state index in [4.69, 9.17) is 9.47 Å². The van der Waals surface area contributed by atoms with Crippen LogP contribution in [0.25, 0.3) is 0 Å². The molecule has 0 unspecified atom stereocenters. The van der Waals surface area contributed by atoms with E-state index in [1.165, 1.54) is 14.2 Å². The largest absolute Gasteiger partial charge is 0.349 e. The maximum Gasteiger partial charge on any atom is 0.217 e. The lowest BCUT2D eigenvalue weighted by Gasteiger charge is -2.11. The van der Waals surface area contributed by atoms with Crippen molar-refractivity contribution < 1.29 is 19.1 Å². The Bertz CT molecular complexity index is 182. The third-order valence-electron chi connectivity index (χ3n) is 1.68. The summed E-state index contributed by atoms with van der Waals surface area (Å²) in [5.41, 5.74) is 0. The number of Topliss-reactive ketones (excluding diaryl/α,β-unsaturated/α-hetero) is 2. The smallest absolute Gasteiger partial charge is 0.217 e. The molecule has 76 valence electrons. The van der Waals surface area contributed by atoms with Gasteiger partial charge < -0.3 is 9.47 Å². The van der Waals surface area contributed by atoms with Crippen LogP contribution in [-0.2, 0) is 19.1 Å². The molecule has 0 aromatic heterocycles. The lowest BCUT2D eigenvalue weighted by Crippen LogP contribution is -2.28. The zero-order valence-corrected chi connectivity index (χ0v) is 8.49. The first-order valence-corrected chi connectivity index (χ1v) is 4.14. The first-order chi connectivity index (χ1) is 6.02. The molecule has 0 spiro atoms. The Balaban J connectivity index is 4.06. The highest BCUT2D eigenvalue weighted by molar-refractivity contribution is 6.01. The minimum absolute atomic E-state index is 0.0934. The molecule has 0 radical (unpaired) electrons. The van der Waals surface area contributed by atoms with Gasteiger partial charge in [-0.25, -0.2) is 0 Å². The van der Waals surface area contributed by atoms with Crippen LogP contribution in [0.15, 0.2) is 0 Å². The van der Waals surface area contributed by atoms with Gasteiger partial charge in [0.2, 0.25) is 6.29 Å². The van der Waals surface area contributed by atoms with E-state index in [0.717, 1.165) is 0 Å². The Labute approximate surface area is 78.2 Å². The lowest BCUT2D eigenvalue weighted by molar-refractivity contribution is -0.158. The quantitative estimate of drug-likeness (QED) is 0.457. The number of hydrogen-bond acceptors (Lipinski definition) is 4. The van der Waals surface area contributed by atoms with Crippen molar-refractivity contribution in [3.8, 4) is 0 Å². The first kappa shape index (κ1) is 12.3. The molecule has 0 atom stereocenters. The third-order valence-corrected chi connectivity index (χ3v) is 1.68. The molecule has 0 heterocycles. The molecule has 0 aliphatic rings. The second-order valence-corrected chi connectivity index (χ2v) is 3.07. The summed E-state index contributed by atoms with van der Waals surface area (Å²) in [5, 5.41) is 0. The maximum atomic E-state index is 11.2. The van der Waals surface area contributed by atoms with Crippen LogP contribution in [0.5, 0.6) is 0 Å². The Kier molecular flexibility index (Phi) is 5.50. The first-order valence-electron chi connectivity index (χ1n) is 4.14. The predicted octanol–water partition coefficient (Wildman–Crippen LogP) is 0.790. The monoisotopic (exact) mass is 188 g/mol. The number of ketones is 2. The van der Waals surface area contributed by atoms with Crippen LogP contribution in [0, 0.1) is 5.92 Å². The Hall–Kier alpha value is -0.740. The van der Waals surface area contributed by atoms with Crippen LogP contribution in [0.2, 0.25) is 0 Å². The van der Waals surface area contributed by atoms with Crippen molar-refractivity contribution in [2.24, 2.45) is 5.92 Å². The van der Waals surface area contributed by atoms with Crippen LogP contribution < -0.4 is 0 Å². The Morgan fingerprint density at radius 1 is 1.08 bits per heavy atom. The summed E-state index contributed by atoms with van der Waals surface area (Å²) in [4.78, 5) is 22.4. The molecule has 0 rings (SSSR count). The number of hydrogen-bond donors (Lipinski definition) is 0. The molecule has 0 saturated carbocycles. The minimum atomic E-state index is -0.914. The summed E-state index contributed by atoms with van der Waals surface area (Å²) in [6.45, 7) is 3.51. The number of carbonyl (C=O) groups is 2. The predicted molar refractivity (Wildman–Crippen MR) is 47.3 cm³/mol. The fourth-order valence-corrected chi connectivity index (χ4v) is 0.818. The van der Waals surface area contributed by atoms with E-state index in [1.807, 2.05) is 0 Å². The van der Waals surface area contributed by atoms with Crippen molar-refractivity contribution in [2.75, 3.05) is 14.2 Å². The molecule has 0 fully saturated rings. The number of carbonyl (C=O) groups excluding carboxylic acids is 2. The molecule has 0 bridgehead atoms. The molecule has 4 heteroatoms. The summed E-state index contributed by atoms with van der Waals surface area (Å²) < 4.78 is 9.44. The van der Waals surface area contributed by atoms with Crippen molar-refractivity contribution in [3.63, 3.8) is 0 Å². The molecule has 0 saturated heterocycles. The molecular formula is C9H16O4. The average molecular weight is 188 g/mol. The third kappa shape index (κ3) is 4.15. The molecule has 0 aliphatic heterocycles. The van der Waals surface area contributed by atoms with E-state index in [9.17, 15) is 9.59 Å². The lowest BCUT2D eigenvalue weighted by atomic mass is 10.0. The molecule has 4 nitrogen and oxygen atoms in total. The van der Waals surface area contributed by atoms with Crippen LogP contribution >= 0.6 is 0 Å². The second kappa shape index (κ2) is 5.83. The summed E-state index contributed by atoms with van der Waals surface area (Å²) in [6.07, 6.45) is -1.04. The van der Waals surface area contributed by atoms with Crippen molar-refractivity contribution in [1.82, 2.24) is 0 Å². The van der Waals surface area contributed by atoms with Gasteiger partial charge in [0.15, 0.2) is 5.78 Å². The molecule has 13 heavy (non-hydrogen) atoms. The fourth-order valence-electron chi connectivity index (χ4n) is 0.818. The Morgan fingerprint density at radius 3 is 1.85 bits per heavy atom. The van der Waals surface area contributed by atoms with Gasteiger partial charge in [0.05, 0.1) is 6.42 Å². The van der Waals surface area contributed by atoms with Crippen LogP contribution in [0.4, 0.5) is 0 Å². The molecule has 0 amide bonds. The van der Waals surface area contributed by atoms with Crippen LogP contribution in [0.3, 0.4) is 0 Å². The van der Waals surface area contributed by atoms with E-state index in [2.05, 4.69) is 0 Å². The average Bonchev–Trinajstić information content (AvgIpc) is 2.06. The SMILES string of the molecule is COC(OC)C(=O)CC(=O)C(C)C. The highest BCUT2D eigenvalue weighted by atomic mass is 16.7. The number of ether oxygens (including phenoxy) is 2. The van der Waals surface area contributed by atoms with Crippen LogP contribution in [-0.4, -0.2) is 32.1 Å². The van der Waals surface area contributed by atoms with Gasteiger partial charge in [-0.15, -0.1) is 0 Å². The van der Waals surface area contributed by atoms with Crippen molar-refractivity contribution >= 4 is 11.6 Å². The number of rotatable bonds is 6. The van der Waals surface area contributed by atoms with Crippen molar-refractivity contribution in [1.29, 1.82) is 0 Å². The number of methoxy groups -OCH3 is 2. The summed E-state index contributed by atoms with van der Waals surface area (Å²) in [7, 11) is 2.73. The van der Waals surface area contributed by atoms with Gasteiger partial charge in [0.25, 0.3) is 0 Å². The zero-order chi connectivity index (χ0) is 10.4.